The molecule has 0 spiro atoms. The van der Waals surface area contributed by atoms with Gasteiger partial charge in [0.2, 0.25) is 0 Å². The number of sulfone groups is 1. The molecule has 28 heavy (non-hydrogen) atoms. The summed E-state index contributed by atoms with van der Waals surface area (Å²) in [7, 11) is -3.61. The molecule has 0 saturated carbocycles. The maximum Gasteiger partial charge on any atom is 0.291 e. The van der Waals surface area contributed by atoms with Crippen LogP contribution in [0.2, 0.25) is 0 Å². The first kappa shape index (κ1) is 19.3. The molecule has 0 bridgehead atoms. The Balaban J connectivity index is 1.77. The number of carbonyl (C=O) groups is 1. The number of benzene rings is 2. The van der Waals surface area contributed by atoms with Crippen LogP contribution >= 0.6 is 0 Å². The third-order valence-electron chi connectivity index (χ3n) is 4.07. The van der Waals surface area contributed by atoms with E-state index < -0.39 is 20.7 Å². The minimum absolute atomic E-state index is 0.0934. The van der Waals surface area contributed by atoms with Crippen LogP contribution in [-0.4, -0.2) is 19.2 Å². The lowest BCUT2D eigenvalue weighted by atomic mass is 10.1. The van der Waals surface area contributed by atoms with Crippen LogP contribution in [0.1, 0.15) is 21.9 Å². The minimum atomic E-state index is -3.61. The second kappa shape index (κ2) is 7.65. The van der Waals surface area contributed by atoms with Gasteiger partial charge < -0.3 is 9.73 Å². The largest absolute Gasteiger partial charge is 0.455 e. The number of hydrogen-bond acceptors (Lipinski definition) is 6. The van der Waals surface area contributed by atoms with Gasteiger partial charge in [-0.05, 0) is 37.3 Å². The Bertz CT molecular complexity index is 1140. The highest BCUT2D eigenvalue weighted by Crippen LogP contribution is 2.26. The number of nitro benzene ring substituents is 1. The zero-order valence-electron chi connectivity index (χ0n) is 14.8. The number of hydrogen-bond donors (Lipinski definition) is 1. The summed E-state index contributed by atoms with van der Waals surface area (Å²) in [4.78, 5) is 23.0. The number of amides is 1. The first-order chi connectivity index (χ1) is 13.3. The van der Waals surface area contributed by atoms with Gasteiger partial charge in [0, 0.05) is 6.07 Å². The van der Waals surface area contributed by atoms with Crippen LogP contribution in [0.3, 0.4) is 0 Å². The van der Waals surface area contributed by atoms with Gasteiger partial charge in [-0.3, -0.25) is 14.9 Å². The number of nitro groups is 1. The van der Waals surface area contributed by atoms with Crippen molar-refractivity contribution in [1.29, 1.82) is 0 Å². The van der Waals surface area contributed by atoms with Gasteiger partial charge in [0.15, 0.2) is 15.6 Å². The summed E-state index contributed by atoms with van der Waals surface area (Å²) in [5.41, 5.74) is 0.459. The average Bonchev–Trinajstić information content (AvgIpc) is 3.12. The molecule has 1 aromatic heterocycles. The smallest absolute Gasteiger partial charge is 0.291 e. The SMILES string of the molecule is Cc1c(NC(=O)c2ccc(CS(=O)(=O)c3ccccc3)o2)cccc1[N+](=O)[O-]. The molecule has 2 aromatic carbocycles. The average molecular weight is 400 g/mol. The van der Waals surface area contributed by atoms with Gasteiger partial charge in [-0.2, -0.15) is 0 Å². The van der Waals surface area contributed by atoms with E-state index in [1.165, 1.54) is 49.4 Å². The molecule has 0 radical (unpaired) electrons. The number of anilines is 1. The summed E-state index contributed by atoms with van der Waals surface area (Å²) in [5.74, 6) is -0.999. The third kappa shape index (κ3) is 4.09. The molecule has 0 aliphatic heterocycles. The number of furan rings is 1. The lowest BCUT2D eigenvalue weighted by Gasteiger charge is -2.07. The van der Waals surface area contributed by atoms with Gasteiger partial charge in [0.05, 0.1) is 21.1 Å². The maximum absolute atomic E-state index is 12.4. The van der Waals surface area contributed by atoms with E-state index in [0.29, 0.717) is 5.56 Å². The van der Waals surface area contributed by atoms with Crippen molar-refractivity contribution in [1.82, 2.24) is 0 Å². The van der Waals surface area contributed by atoms with E-state index in [4.69, 9.17) is 4.42 Å². The molecule has 0 unspecified atom stereocenters. The maximum atomic E-state index is 12.4. The zero-order valence-corrected chi connectivity index (χ0v) is 15.6. The summed E-state index contributed by atoms with van der Waals surface area (Å²) in [6, 6.07) is 15.0. The molecule has 1 N–H and O–H groups in total. The highest BCUT2D eigenvalue weighted by atomic mass is 32.2. The Hall–Kier alpha value is -3.46. The van der Waals surface area contributed by atoms with Crippen LogP contribution in [0.5, 0.6) is 0 Å². The van der Waals surface area contributed by atoms with Gasteiger partial charge in [0.25, 0.3) is 11.6 Å². The summed E-state index contributed by atoms with van der Waals surface area (Å²) < 4.78 is 30.2. The van der Waals surface area contributed by atoms with Gasteiger partial charge in [-0.1, -0.05) is 24.3 Å². The van der Waals surface area contributed by atoms with Gasteiger partial charge in [0.1, 0.15) is 11.5 Å². The normalized spacial score (nSPS) is 11.2. The molecular weight excluding hydrogens is 384 g/mol. The molecule has 0 fully saturated rings. The number of nitrogens with one attached hydrogen (secondary N) is 1. The fourth-order valence-corrected chi connectivity index (χ4v) is 3.88. The number of carbonyl (C=O) groups excluding carboxylic acids is 1. The summed E-state index contributed by atoms with van der Waals surface area (Å²) in [5, 5.41) is 13.5. The molecule has 9 heteroatoms. The standard InChI is InChI=1S/C19H16N2O6S/c1-13-16(8-5-9-17(13)21(23)24)20-19(22)18-11-10-14(27-18)12-28(25,26)15-6-3-2-4-7-15/h2-11H,12H2,1H3,(H,20,22). The van der Waals surface area contributed by atoms with Crippen LogP contribution in [0.4, 0.5) is 11.4 Å². The highest BCUT2D eigenvalue weighted by Gasteiger charge is 2.20. The first-order valence-electron chi connectivity index (χ1n) is 8.20. The molecule has 144 valence electrons. The number of rotatable bonds is 6. The van der Waals surface area contributed by atoms with Crippen LogP contribution in [0.15, 0.2) is 70.0 Å². The monoisotopic (exact) mass is 400 g/mol. The van der Waals surface area contributed by atoms with Crippen LogP contribution in [0, 0.1) is 17.0 Å². The molecule has 3 aromatic rings. The van der Waals surface area contributed by atoms with Crippen molar-refractivity contribution < 1.29 is 22.6 Å². The summed E-state index contributed by atoms with van der Waals surface area (Å²) in [6.07, 6.45) is 0. The molecule has 0 aliphatic carbocycles. The van der Waals surface area contributed by atoms with E-state index in [1.807, 2.05) is 0 Å². The van der Waals surface area contributed by atoms with Crippen LogP contribution in [-0.2, 0) is 15.6 Å². The van der Waals surface area contributed by atoms with Crippen molar-refractivity contribution in [2.24, 2.45) is 0 Å². The van der Waals surface area contributed by atoms with Crippen LogP contribution in [0.25, 0.3) is 0 Å². The molecule has 0 atom stereocenters. The Labute approximate surface area is 160 Å². The van der Waals surface area contributed by atoms with E-state index in [9.17, 15) is 23.3 Å². The second-order valence-corrected chi connectivity index (χ2v) is 7.99. The molecule has 0 saturated heterocycles. The highest BCUT2D eigenvalue weighted by molar-refractivity contribution is 7.90. The Morgan fingerprint density at radius 3 is 2.46 bits per heavy atom. The van der Waals surface area contributed by atoms with E-state index >= 15 is 0 Å². The van der Waals surface area contributed by atoms with Crippen molar-refractivity contribution in [2.45, 2.75) is 17.6 Å². The van der Waals surface area contributed by atoms with E-state index in [0.717, 1.165) is 0 Å². The minimum Gasteiger partial charge on any atom is -0.455 e. The van der Waals surface area contributed by atoms with Crippen molar-refractivity contribution in [3.63, 3.8) is 0 Å². The van der Waals surface area contributed by atoms with E-state index in [2.05, 4.69) is 5.32 Å². The fraction of sp³-hybridized carbons (Fsp3) is 0.105. The van der Waals surface area contributed by atoms with E-state index in [-0.39, 0.29) is 33.5 Å². The lowest BCUT2D eigenvalue weighted by Crippen LogP contribution is -2.12. The molecule has 0 aliphatic rings. The van der Waals surface area contributed by atoms with Crippen molar-refractivity contribution in [3.05, 3.63) is 87.9 Å². The summed E-state index contributed by atoms with van der Waals surface area (Å²) >= 11 is 0. The van der Waals surface area contributed by atoms with Gasteiger partial charge >= 0.3 is 0 Å². The molecule has 8 nitrogen and oxygen atoms in total. The quantitative estimate of drug-likeness (QED) is 0.497. The first-order valence-corrected chi connectivity index (χ1v) is 9.85. The topological polar surface area (TPSA) is 120 Å². The predicted octanol–water partition coefficient (Wildman–Crippen LogP) is 3.72. The molecular formula is C19H16N2O6S. The third-order valence-corrected chi connectivity index (χ3v) is 5.73. The summed E-state index contributed by atoms with van der Waals surface area (Å²) in [6.45, 7) is 1.52. The van der Waals surface area contributed by atoms with Crippen LogP contribution < -0.4 is 5.32 Å². The lowest BCUT2D eigenvalue weighted by molar-refractivity contribution is -0.385. The van der Waals surface area contributed by atoms with Crippen molar-refractivity contribution in [2.75, 3.05) is 5.32 Å². The van der Waals surface area contributed by atoms with Crippen molar-refractivity contribution in [3.8, 4) is 0 Å². The van der Waals surface area contributed by atoms with Crippen molar-refractivity contribution >= 4 is 27.1 Å². The Morgan fingerprint density at radius 1 is 1.07 bits per heavy atom. The number of nitrogens with zero attached hydrogens (tertiary/aromatic N) is 1. The second-order valence-electron chi connectivity index (χ2n) is 6.00. The Morgan fingerprint density at radius 2 is 1.79 bits per heavy atom. The molecule has 1 heterocycles. The predicted molar refractivity (Wildman–Crippen MR) is 102 cm³/mol. The Kier molecular flexibility index (Phi) is 5.27. The molecule has 3 rings (SSSR count). The fourth-order valence-electron chi connectivity index (χ4n) is 2.62. The van der Waals surface area contributed by atoms with Gasteiger partial charge in [-0.25, -0.2) is 8.42 Å². The molecule has 1 amide bonds. The zero-order chi connectivity index (χ0) is 20.3. The van der Waals surface area contributed by atoms with E-state index in [1.54, 1.807) is 18.2 Å². The van der Waals surface area contributed by atoms with Gasteiger partial charge in [-0.15, -0.1) is 0 Å².